The Hall–Kier alpha value is -2.01. The van der Waals surface area contributed by atoms with E-state index >= 15 is 0 Å². The lowest BCUT2D eigenvalue weighted by Gasteiger charge is -2.32. The second-order valence-electron chi connectivity index (χ2n) is 8.05. The molecule has 0 aliphatic carbocycles. The van der Waals surface area contributed by atoms with Crippen LogP contribution in [0.4, 0.5) is 0 Å². The molecule has 2 heterocycles. The minimum absolute atomic E-state index is 0.150. The van der Waals surface area contributed by atoms with Gasteiger partial charge in [-0.25, -0.2) is 0 Å². The minimum atomic E-state index is 0.150. The van der Waals surface area contributed by atoms with E-state index in [0.29, 0.717) is 5.78 Å². The van der Waals surface area contributed by atoms with Crippen LogP contribution in [0.5, 0.6) is 0 Å². The summed E-state index contributed by atoms with van der Waals surface area (Å²) in [6, 6.07) is 0. The van der Waals surface area contributed by atoms with Crippen molar-refractivity contribution in [1.82, 2.24) is 19.7 Å². The van der Waals surface area contributed by atoms with Gasteiger partial charge in [0.05, 0.1) is 0 Å². The van der Waals surface area contributed by atoms with Crippen molar-refractivity contribution in [3.8, 4) is 0 Å². The summed E-state index contributed by atoms with van der Waals surface area (Å²) in [6.45, 7) is 16.5. The first-order chi connectivity index (χ1) is 12.8. The van der Waals surface area contributed by atoms with Crippen LogP contribution < -0.4 is 0 Å². The van der Waals surface area contributed by atoms with Crippen LogP contribution in [-0.2, 0) is 6.54 Å². The summed E-state index contributed by atoms with van der Waals surface area (Å²) in [6.07, 6.45) is 3.69. The number of likely N-dealkylation sites (tertiary alicyclic amines) is 1. The molecule has 0 radical (unpaired) electrons. The van der Waals surface area contributed by atoms with E-state index in [9.17, 15) is 4.79 Å². The summed E-state index contributed by atoms with van der Waals surface area (Å²) in [7, 11) is 0. The smallest absolute Gasteiger partial charge is 0.166 e. The first-order valence-corrected chi connectivity index (χ1v) is 9.99. The van der Waals surface area contributed by atoms with Crippen LogP contribution in [0.25, 0.3) is 0 Å². The van der Waals surface area contributed by atoms with Gasteiger partial charge in [-0.3, -0.25) is 4.79 Å². The molecule has 1 saturated heterocycles. The molecule has 0 unspecified atom stereocenters. The van der Waals surface area contributed by atoms with Gasteiger partial charge in [0.25, 0.3) is 0 Å². The number of carbonyl (C=O) groups excluding carboxylic acids is 1. The lowest BCUT2D eigenvalue weighted by atomic mass is 9.81. The zero-order valence-corrected chi connectivity index (χ0v) is 17.6. The molecule has 27 heavy (non-hydrogen) atoms. The van der Waals surface area contributed by atoms with E-state index < -0.39 is 0 Å². The van der Waals surface area contributed by atoms with Crippen molar-refractivity contribution in [3.05, 3.63) is 45.5 Å². The van der Waals surface area contributed by atoms with Gasteiger partial charge in [-0.2, -0.15) is 0 Å². The average molecular weight is 369 g/mol. The Kier molecular flexibility index (Phi) is 5.80. The number of Topliss-reactive ketones (excluding diaryl/α,β-unsaturated/α-hetero) is 1. The zero-order chi connectivity index (χ0) is 19.7. The molecule has 0 N–H and O–H groups in total. The predicted molar refractivity (Wildman–Crippen MR) is 108 cm³/mol. The second-order valence-corrected chi connectivity index (χ2v) is 8.05. The summed E-state index contributed by atoms with van der Waals surface area (Å²) in [5, 5.41) is 7.98. The van der Waals surface area contributed by atoms with Gasteiger partial charge in [-0.15, -0.1) is 10.2 Å². The van der Waals surface area contributed by atoms with Crippen molar-refractivity contribution in [1.29, 1.82) is 0 Å². The number of hydrogen-bond acceptors (Lipinski definition) is 4. The third-order valence-corrected chi connectivity index (χ3v) is 6.67. The van der Waals surface area contributed by atoms with Crippen LogP contribution in [0.15, 0.2) is 6.33 Å². The number of rotatable bonds is 5. The fourth-order valence-corrected chi connectivity index (χ4v) is 4.27. The standard InChI is InChI=1S/C22H32N4O/c1-14-15(2)17(4)21(18(5)16(14)3)22(27)20-7-9-25(10-8-20)11-12-26-13-23-24-19(26)6/h13,20H,7-12H2,1-6H3. The molecule has 0 atom stereocenters. The molecule has 0 spiro atoms. The normalized spacial score (nSPS) is 16.1. The largest absolute Gasteiger partial charge is 0.317 e. The van der Waals surface area contributed by atoms with Gasteiger partial charge < -0.3 is 9.47 Å². The molecule has 5 heteroatoms. The third kappa shape index (κ3) is 3.84. The molecule has 0 saturated carbocycles. The Labute approximate surface area is 162 Å². The molecule has 1 aliphatic heterocycles. The predicted octanol–water partition coefficient (Wildman–Crippen LogP) is 3.72. The van der Waals surface area contributed by atoms with Gasteiger partial charge in [0.1, 0.15) is 12.2 Å². The number of aromatic nitrogens is 3. The summed E-state index contributed by atoms with van der Waals surface area (Å²) in [5.41, 5.74) is 7.18. The maximum absolute atomic E-state index is 13.3. The fourth-order valence-electron chi connectivity index (χ4n) is 4.27. The molecule has 1 fully saturated rings. The Morgan fingerprint density at radius 2 is 1.48 bits per heavy atom. The Morgan fingerprint density at radius 3 is 2.00 bits per heavy atom. The first kappa shape index (κ1) is 19.7. The highest BCUT2D eigenvalue weighted by molar-refractivity contribution is 6.01. The Bertz CT molecular complexity index is 815. The molecule has 3 rings (SSSR count). The number of ketones is 1. The van der Waals surface area contributed by atoms with E-state index in [-0.39, 0.29) is 5.92 Å². The molecule has 0 amide bonds. The first-order valence-electron chi connectivity index (χ1n) is 9.99. The fraction of sp³-hybridized carbons (Fsp3) is 0.591. The lowest BCUT2D eigenvalue weighted by Crippen LogP contribution is -2.38. The number of benzene rings is 1. The maximum atomic E-state index is 13.3. The SMILES string of the molecule is Cc1c(C)c(C)c(C(=O)C2CCN(CCn3cnnc3C)CC2)c(C)c1C. The number of nitrogens with zero attached hydrogens (tertiary/aromatic N) is 4. The summed E-state index contributed by atoms with van der Waals surface area (Å²) in [4.78, 5) is 15.8. The van der Waals surface area contributed by atoms with Crippen molar-refractivity contribution in [2.24, 2.45) is 5.92 Å². The number of carbonyl (C=O) groups is 1. The van der Waals surface area contributed by atoms with Crippen LogP contribution in [0.3, 0.4) is 0 Å². The monoisotopic (exact) mass is 368 g/mol. The molecular weight excluding hydrogens is 336 g/mol. The van der Waals surface area contributed by atoms with E-state index in [2.05, 4.69) is 54.3 Å². The maximum Gasteiger partial charge on any atom is 0.166 e. The van der Waals surface area contributed by atoms with Gasteiger partial charge in [0, 0.05) is 24.6 Å². The third-order valence-electron chi connectivity index (χ3n) is 6.67. The molecule has 5 nitrogen and oxygen atoms in total. The summed E-state index contributed by atoms with van der Waals surface area (Å²) in [5.74, 6) is 1.46. The van der Waals surface area contributed by atoms with Gasteiger partial charge >= 0.3 is 0 Å². The summed E-state index contributed by atoms with van der Waals surface area (Å²) >= 11 is 0. The van der Waals surface area contributed by atoms with E-state index in [4.69, 9.17) is 0 Å². The lowest BCUT2D eigenvalue weighted by molar-refractivity contribution is 0.0836. The molecule has 1 aromatic heterocycles. The van der Waals surface area contributed by atoms with Crippen LogP contribution in [0.2, 0.25) is 0 Å². The molecule has 1 aliphatic rings. The van der Waals surface area contributed by atoms with Crippen molar-refractivity contribution >= 4 is 5.78 Å². The van der Waals surface area contributed by atoms with Crippen LogP contribution in [0.1, 0.15) is 56.8 Å². The second kappa shape index (κ2) is 7.93. The van der Waals surface area contributed by atoms with Gasteiger partial charge in [0.15, 0.2) is 5.78 Å². The van der Waals surface area contributed by atoms with Crippen molar-refractivity contribution < 1.29 is 4.79 Å². The van der Waals surface area contributed by atoms with Gasteiger partial charge in [0.2, 0.25) is 0 Å². The minimum Gasteiger partial charge on any atom is -0.317 e. The van der Waals surface area contributed by atoms with Gasteiger partial charge in [-0.1, -0.05) is 0 Å². The highest BCUT2D eigenvalue weighted by Crippen LogP contribution is 2.30. The summed E-state index contributed by atoms with van der Waals surface area (Å²) < 4.78 is 2.09. The van der Waals surface area contributed by atoms with E-state index in [1.165, 1.54) is 27.8 Å². The Balaban J connectivity index is 1.65. The van der Waals surface area contributed by atoms with Crippen molar-refractivity contribution in [3.63, 3.8) is 0 Å². The van der Waals surface area contributed by atoms with E-state index in [0.717, 1.165) is 50.4 Å². The molecule has 2 aromatic rings. The quantitative estimate of drug-likeness (QED) is 0.755. The Morgan fingerprint density at radius 1 is 0.926 bits per heavy atom. The molecule has 146 valence electrons. The zero-order valence-electron chi connectivity index (χ0n) is 17.6. The molecule has 1 aromatic carbocycles. The van der Waals surface area contributed by atoms with E-state index in [1.807, 2.05) is 6.92 Å². The number of piperidine rings is 1. The highest BCUT2D eigenvalue weighted by atomic mass is 16.1. The van der Waals surface area contributed by atoms with Crippen LogP contribution >= 0.6 is 0 Å². The van der Waals surface area contributed by atoms with E-state index in [1.54, 1.807) is 6.33 Å². The van der Waals surface area contributed by atoms with Gasteiger partial charge in [-0.05, 0) is 95.3 Å². The average Bonchev–Trinajstić information content (AvgIpc) is 3.08. The number of aryl methyl sites for hydroxylation is 1. The molecule has 0 bridgehead atoms. The molecular formula is C22H32N4O. The topological polar surface area (TPSA) is 51.0 Å². The number of hydrogen-bond donors (Lipinski definition) is 0. The van der Waals surface area contributed by atoms with Crippen LogP contribution in [0, 0.1) is 47.5 Å². The van der Waals surface area contributed by atoms with Crippen molar-refractivity contribution in [2.45, 2.75) is 60.9 Å². The van der Waals surface area contributed by atoms with Crippen LogP contribution in [-0.4, -0.2) is 45.1 Å². The van der Waals surface area contributed by atoms with Crippen molar-refractivity contribution in [2.75, 3.05) is 19.6 Å². The highest BCUT2D eigenvalue weighted by Gasteiger charge is 2.28.